The zero-order chi connectivity index (χ0) is 13.9. The summed E-state index contributed by atoms with van der Waals surface area (Å²) in [6, 6.07) is 6.22. The van der Waals surface area contributed by atoms with E-state index in [-0.39, 0.29) is 0 Å². The first-order valence-electron chi connectivity index (χ1n) is 6.81. The number of methoxy groups -OCH3 is 2. The van der Waals surface area contributed by atoms with Gasteiger partial charge in [0.1, 0.15) is 11.5 Å². The minimum Gasteiger partial charge on any atom is -0.497 e. The van der Waals surface area contributed by atoms with Gasteiger partial charge in [-0.25, -0.2) is 4.98 Å². The van der Waals surface area contributed by atoms with Crippen LogP contribution >= 0.6 is 0 Å². The van der Waals surface area contributed by atoms with E-state index in [0.717, 1.165) is 30.2 Å². The number of aromatic nitrogens is 2. The molecule has 0 unspecified atom stereocenters. The Morgan fingerprint density at radius 2 is 1.95 bits per heavy atom. The fraction of sp³-hybridized carbons (Fsp3) is 0.400. The highest BCUT2D eigenvalue weighted by Crippen LogP contribution is 2.29. The number of hydrogen-bond donors (Lipinski definition) is 1. The van der Waals surface area contributed by atoms with Crippen molar-refractivity contribution >= 4 is 0 Å². The number of benzene rings is 1. The number of nitrogens with one attached hydrogen (secondary N) is 1. The monoisotopic (exact) mass is 273 g/mol. The first kappa shape index (κ1) is 13.0. The van der Waals surface area contributed by atoms with Crippen molar-refractivity contribution in [2.75, 3.05) is 20.8 Å². The average molecular weight is 273 g/mol. The molecule has 2 heterocycles. The predicted molar refractivity (Wildman–Crippen MR) is 76.6 cm³/mol. The molecule has 1 aliphatic heterocycles. The molecule has 5 heteroatoms. The molecule has 0 aliphatic carbocycles. The zero-order valence-corrected chi connectivity index (χ0v) is 11.8. The summed E-state index contributed by atoms with van der Waals surface area (Å²) in [6.45, 7) is 1.07. The van der Waals surface area contributed by atoms with Crippen molar-refractivity contribution in [1.29, 1.82) is 0 Å². The van der Waals surface area contributed by atoms with Gasteiger partial charge in [0, 0.05) is 24.2 Å². The molecule has 5 nitrogen and oxygen atoms in total. The van der Waals surface area contributed by atoms with Gasteiger partial charge in [-0.05, 0) is 19.4 Å². The van der Waals surface area contributed by atoms with Crippen LogP contribution in [0.1, 0.15) is 24.6 Å². The Hall–Kier alpha value is -2.01. The second kappa shape index (κ2) is 5.54. The van der Waals surface area contributed by atoms with Gasteiger partial charge in [0.2, 0.25) is 0 Å². The quantitative estimate of drug-likeness (QED) is 0.928. The lowest BCUT2D eigenvalue weighted by Gasteiger charge is -2.15. The highest BCUT2D eigenvalue weighted by molar-refractivity contribution is 5.47. The molecule has 1 atom stereocenters. The van der Waals surface area contributed by atoms with Crippen LogP contribution in [-0.2, 0) is 0 Å². The lowest BCUT2D eigenvalue weighted by atomic mass is 10.1. The van der Waals surface area contributed by atoms with Gasteiger partial charge in [-0.3, -0.25) is 0 Å². The summed E-state index contributed by atoms with van der Waals surface area (Å²) < 4.78 is 12.8. The molecule has 1 aromatic carbocycles. The van der Waals surface area contributed by atoms with E-state index in [1.807, 2.05) is 30.7 Å². The minimum absolute atomic E-state index is 0.370. The van der Waals surface area contributed by atoms with Gasteiger partial charge >= 0.3 is 0 Å². The summed E-state index contributed by atoms with van der Waals surface area (Å²) in [5.74, 6) is 1.55. The summed E-state index contributed by atoms with van der Waals surface area (Å²) in [6.07, 6.45) is 6.11. The highest BCUT2D eigenvalue weighted by atomic mass is 16.5. The van der Waals surface area contributed by atoms with Gasteiger partial charge < -0.3 is 19.4 Å². The Balaban J connectivity index is 2.02. The molecule has 1 saturated heterocycles. The van der Waals surface area contributed by atoms with E-state index in [4.69, 9.17) is 9.47 Å². The van der Waals surface area contributed by atoms with Crippen molar-refractivity contribution in [3.63, 3.8) is 0 Å². The zero-order valence-electron chi connectivity index (χ0n) is 11.8. The highest BCUT2D eigenvalue weighted by Gasteiger charge is 2.20. The molecular formula is C15H19N3O2. The molecule has 1 N–H and O–H groups in total. The normalized spacial score (nSPS) is 18.2. The molecule has 1 fully saturated rings. The van der Waals surface area contributed by atoms with Gasteiger partial charge in [0.25, 0.3) is 0 Å². The van der Waals surface area contributed by atoms with Crippen molar-refractivity contribution in [1.82, 2.24) is 14.9 Å². The van der Waals surface area contributed by atoms with E-state index in [1.54, 1.807) is 14.2 Å². The third-order valence-electron chi connectivity index (χ3n) is 3.70. The molecule has 3 rings (SSSR count). The SMILES string of the molecule is COc1cc(OC)cc(-n2cncc2[C@@H]2CCCN2)c1. The molecule has 0 saturated carbocycles. The van der Waals surface area contributed by atoms with Gasteiger partial charge in [-0.15, -0.1) is 0 Å². The lowest BCUT2D eigenvalue weighted by Crippen LogP contribution is -2.16. The Labute approximate surface area is 118 Å². The maximum Gasteiger partial charge on any atom is 0.124 e. The summed E-state index contributed by atoms with van der Waals surface area (Å²) in [5.41, 5.74) is 2.18. The fourth-order valence-electron chi connectivity index (χ4n) is 2.65. The van der Waals surface area contributed by atoms with Crippen LogP contribution in [0.5, 0.6) is 11.5 Å². The molecule has 0 bridgehead atoms. The minimum atomic E-state index is 0.370. The summed E-state index contributed by atoms with van der Waals surface area (Å²) in [5, 5.41) is 3.50. The van der Waals surface area contributed by atoms with Crippen LogP contribution in [0, 0.1) is 0 Å². The van der Waals surface area contributed by atoms with Crippen LogP contribution in [0.15, 0.2) is 30.7 Å². The maximum absolute atomic E-state index is 5.33. The van der Waals surface area contributed by atoms with Gasteiger partial charge in [0.05, 0.1) is 38.1 Å². The van der Waals surface area contributed by atoms with Crippen molar-refractivity contribution in [2.45, 2.75) is 18.9 Å². The fourth-order valence-corrected chi connectivity index (χ4v) is 2.65. The van der Waals surface area contributed by atoms with E-state index in [9.17, 15) is 0 Å². The number of ether oxygens (including phenoxy) is 2. The van der Waals surface area contributed by atoms with Crippen molar-refractivity contribution < 1.29 is 9.47 Å². The molecule has 2 aromatic rings. The van der Waals surface area contributed by atoms with Crippen LogP contribution in [0.3, 0.4) is 0 Å². The Kier molecular flexibility index (Phi) is 3.60. The molecule has 106 valence electrons. The van der Waals surface area contributed by atoms with Crippen LogP contribution in [0.4, 0.5) is 0 Å². The molecule has 0 amide bonds. The Morgan fingerprint density at radius 1 is 1.20 bits per heavy atom. The van der Waals surface area contributed by atoms with E-state index in [0.29, 0.717) is 6.04 Å². The van der Waals surface area contributed by atoms with E-state index >= 15 is 0 Å². The topological polar surface area (TPSA) is 48.3 Å². The average Bonchev–Trinajstić information content (AvgIpc) is 3.16. The standard InChI is InChI=1S/C15H19N3O2/c1-19-12-6-11(7-13(8-12)20-2)18-10-16-9-15(18)14-4-3-5-17-14/h6-10,14,17H,3-5H2,1-2H3/t14-/m0/s1. The van der Waals surface area contributed by atoms with Crippen molar-refractivity contribution in [3.05, 3.63) is 36.4 Å². The smallest absolute Gasteiger partial charge is 0.124 e. The van der Waals surface area contributed by atoms with Crippen LogP contribution in [0.2, 0.25) is 0 Å². The third kappa shape index (κ3) is 2.36. The summed E-state index contributed by atoms with van der Waals surface area (Å²) in [4.78, 5) is 4.30. The van der Waals surface area contributed by atoms with Crippen molar-refractivity contribution in [3.8, 4) is 17.2 Å². The van der Waals surface area contributed by atoms with E-state index in [2.05, 4.69) is 14.9 Å². The molecule has 0 radical (unpaired) electrons. The number of imidazole rings is 1. The molecule has 20 heavy (non-hydrogen) atoms. The Bertz CT molecular complexity index is 566. The van der Waals surface area contributed by atoms with Crippen LogP contribution < -0.4 is 14.8 Å². The van der Waals surface area contributed by atoms with Gasteiger partial charge in [-0.1, -0.05) is 0 Å². The summed E-state index contributed by atoms with van der Waals surface area (Å²) >= 11 is 0. The van der Waals surface area contributed by atoms with Gasteiger partial charge in [0.15, 0.2) is 0 Å². The predicted octanol–water partition coefficient (Wildman–Crippen LogP) is 2.31. The van der Waals surface area contributed by atoms with E-state index < -0.39 is 0 Å². The lowest BCUT2D eigenvalue weighted by molar-refractivity contribution is 0.394. The largest absolute Gasteiger partial charge is 0.497 e. The summed E-state index contributed by atoms with van der Waals surface area (Å²) in [7, 11) is 3.32. The van der Waals surface area contributed by atoms with E-state index in [1.165, 1.54) is 12.1 Å². The third-order valence-corrected chi connectivity index (χ3v) is 3.70. The first-order chi connectivity index (χ1) is 9.81. The van der Waals surface area contributed by atoms with Crippen LogP contribution in [0.25, 0.3) is 5.69 Å². The maximum atomic E-state index is 5.33. The number of hydrogen-bond acceptors (Lipinski definition) is 4. The molecule has 1 aromatic heterocycles. The molecule has 1 aliphatic rings. The number of rotatable bonds is 4. The number of nitrogens with zero attached hydrogens (tertiary/aromatic N) is 2. The molecule has 0 spiro atoms. The van der Waals surface area contributed by atoms with Crippen molar-refractivity contribution in [2.24, 2.45) is 0 Å². The van der Waals surface area contributed by atoms with Crippen LogP contribution in [-0.4, -0.2) is 30.3 Å². The first-order valence-corrected chi connectivity index (χ1v) is 6.81. The molecular weight excluding hydrogens is 254 g/mol. The second-order valence-corrected chi connectivity index (χ2v) is 4.91. The second-order valence-electron chi connectivity index (χ2n) is 4.91. The Morgan fingerprint density at radius 3 is 2.55 bits per heavy atom. The van der Waals surface area contributed by atoms with Gasteiger partial charge in [-0.2, -0.15) is 0 Å².